The monoisotopic (exact) mass is 877 g/mol. The number of aliphatic hydroxyl groups is 2. The van der Waals surface area contributed by atoms with Gasteiger partial charge in [0.1, 0.15) is 18.4 Å². The lowest BCUT2D eigenvalue weighted by Gasteiger charge is -2.20. The predicted octanol–water partition coefficient (Wildman–Crippen LogP) is 8.09. The van der Waals surface area contributed by atoms with E-state index in [0.717, 1.165) is 51.4 Å². The fourth-order valence-corrected chi connectivity index (χ4v) is 6.80. The highest BCUT2D eigenvalue weighted by Crippen LogP contribution is 2.43. The van der Waals surface area contributed by atoms with E-state index >= 15 is 0 Å². The molecule has 15 heteroatoms. The minimum atomic E-state index is -4.80. The highest BCUT2D eigenvalue weighted by molar-refractivity contribution is 7.47. The molecule has 14 nitrogen and oxygen atoms in total. The maximum absolute atomic E-state index is 12.6. The largest absolute Gasteiger partial charge is 0.480 e. The van der Waals surface area contributed by atoms with Gasteiger partial charge in [0, 0.05) is 31.1 Å². The number of rotatable bonds is 35. The third kappa shape index (κ3) is 29.2. The van der Waals surface area contributed by atoms with E-state index in [0.29, 0.717) is 38.5 Å². The molecule has 0 amide bonds. The van der Waals surface area contributed by atoms with Gasteiger partial charge in [0.2, 0.25) is 0 Å². The molecule has 6 N–H and O–H groups in total. The Morgan fingerprint density at radius 3 is 1.93 bits per heavy atom. The molecule has 61 heavy (non-hydrogen) atoms. The first-order valence-corrected chi connectivity index (χ1v) is 23.2. The highest BCUT2D eigenvalue weighted by atomic mass is 31.2. The SMILES string of the molecule is CC/C=C\C/C=C\C/C=C\C/C=C\C/C=C\CCCC(=O)O[C@H](COC(=O)CCC/C=C\C[C@H]1[C@@H](O)CC(=O)[C@@H]1/C=C/[C@@H](O)CCCCC)COP(=O)(O)OC[C@H](N)C(=O)O. The van der Waals surface area contributed by atoms with Crippen LogP contribution in [0.1, 0.15) is 123 Å². The second-order valence-corrected chi connectivity index (χ2v) is 16.3. The second kappa shape index (κ2) is 34.8. The van der Waals surface area contributed by atoms with E-state index in [2.05, 4.69) is 67.0 Å². The van der Waals surface area contributed by atoms with Crippen molar-refractivity contribution >= 4 is 31.5 Å². The van der Waals surface area contributed by atoms with Gasteiger partial charge < -0.3 is 35.4 Å². The van der Waals surface area contributed by atoms with Gasteiger partial charge in [0.15, 0.2) is 6.10 Å². The van der Waals surface area contributed by atoms with Gasteiger partial charge in [-0.2, -0.15) is 0 Å². The van der Waals surface area contributed by atoms with Gasteiger partial charge in [0.05, 0.1) is 25.4 Å². The van der Waals surface area contributed by atoms with Crippen LogP contribution < -0.4 is 5.73 Å². The summed E-state index contributed by atoms with van der Waals surface area (Å²) in [5.74, 6) is -3.53. The molecule has 344 valence electrons. The molecule has 1 saturated carbocycles. The van der Waals surface area contributed by atoms with Crippen LogP contribution in [-0.4, -0.2) is 88.1 Å². The molecule has 0 spiro atoms. The molecule has 0 aromatic rings. The zero-order valence-corrected chi connectivity index (χ0v) is 37.1. The number of aliphatic hydroxyl groups excluding tert-OH is 2. The van der Waals surface area contributed by atoms with Crippen LogP contribution in [0, 0.1) is 11.8 Å². The molecule has 1 unspecified atom stereocenters. The topological polar surface area (TPSA) is 229 Å². The van der Waals surface area contributed by atoms with Crippen molar-refractivity contribution in [2.24, 2.45) is 17.6 Å². The number of hydrogen-bond acceptors (Lipinski definition) is 12. The molecule has 1 rings (SSSR count). The molecule has 1 aliphatic rings. The summed E-state index contributed by atoms with van der Waals surface area (Å²) in [4.78, 5) is 58.6. The number of carboxylic acids is 1. The minimum absolute atomic E-state index is 0.0135. The number of esters is 2. The maximum atomic E-state index is 12.6. The summed E-state index contributed by atoms with van der Waals surface area (Å²) < 4.78 is 32.6. The number of hydrogen-bond donors (Lipinski definition) is 5. The van der Waals surface area contributed by atoms with Crippen LogP contribution in [0.2, 0.25) is 0 Å². The first-order chi connectivity index (χ1) is 29.3. The summed E-state index contributed by atoms with van der Waals surface area (Å²) in [5, 5.41) is 29.6. The summed E-state index contributed by atoms with van der Waals surface area (Å²) in [6.07, 6.45) is 36.0. The lowest BCUT2D eigenvalue weighted by molar-refractivity contribution is -0.161. The molecule has 0 heterocycles. The molecule has 0 aliphatic heterocycles. The molecule has 0 radical (unpaired) electrons. The average molecular weight is 878 g/mol. The van der Waals surface area contributed by atoms with E-state index in [1.165, 1.54) is 0 Å². The first kappa shape index (κ1) is 55.3. The highest BCUT2D eigenvalue weighted by Gasteiger charge is 2.39. The molecule has 0 aromatic carbocycles. The molecule has 7 atom stereocenters. The molecular weight excluding hydrogens is 805 g/mol. The standard InChI is InChI=1S/C46H72NO13P/c1-3-5-7-8-9-10-11-12-13-14-15-16-17-18-19-20-26-30-45(52)60-38(35-58-61(55,56)59-36-41(47)46(53)54)34-57-44(51)29-25-22-21-24-28-39-40(43(50)33-42(39)49)32-31-37(48)27-23-6-4-2/h5,7,9-10,12-13,15-16,18-19,21,24,31-32,37-42,48-49H,3-4,6,8,11,14,17,20,22-23,25-30,33-36,47H2,1-2H3,(H,53,54)(H,55,56)/b7-5-,10-9-,13-12-,16-15-,19-18-,24-21-,32-31+/t37-,38+,39+,40+,41-,42-/m0/s1. The number of Topliss-reactive ketones (excluding diaryl/α,β-unsaturated/α-hetero) is 1. The quantitative estimate of drug-likeness (QED) is 0.0175. The Morgan fingerprint density at radius 2 is 1.34 bits per heavy atom. The Balaban J connectivity index is 2.56. The molecule has 0 aromatic heterocycles. The molecular formula is C46H72NO13P. The fourth-order valence-electron chi connectivity index (χ4n) is 6.02. The zero-order chi connectivity index (χ0) is 45.1. The lowest BCUT2D eigenvalue weighted by Crippen LogP contribution is -2.34. The van der Waals surface area contributed by atoms with E-state index in [1.807, 2.05) is 24.3 Å². The number of carboxylic acid groups (broad SMARTS) is 1. The molecule has 1 aliphatic carbocycles. The van der Waals surface area contributed by atoms with Gasteiger partial charge in [-0.15, -0.1) is 0 Å². The van der Waals surface area contributed by atoms with Crippen LogP contribution in [0.25, 0.3) is 0 Å². The van der Waals surface area contributed by atoms with Crippen LogP contribution in [0.5, 0.6) is 0 Å². The molecule has 0 saturated heterocycles. The van der Waals surface area contributed by atoms with E-state index in [9.17, 15) is 38.8 Å². The first-order valence-electron chi connectivity index (χ1n) is 21.7. The van der Waals surface area contributed by atoms with Crippen LogP contribution in [-0.2, 0) is 42.3 Å². The number of aliphatic carboxylic acids is 1. The minimum Gasteiger partial charge on any atom is -0.480 e. The van der Waals surface area contributed by atoms with Gasteiger partial charge in [-0.3, -0.25) is 28.2 Å². The van der Waals surface area contributed by atoms with Crippen molar-refractivity contribution < 1.29 is 62.5 Å². The summed E-state index contributed by atoms with van der Waals surface area (Å²) in [5.41, 5.74) is 5.32. The van der Waals surface area contributed by atoms with Crippen molar-refractivity contribution in [3.05, 3.63) is 85.1 Å². The smallest absolute Gasteiger partial charge is 0.472 e. The van der Waals surface area contributed by atoms with Crippen molar-refractivity contribution in [2.75, 3.05) is 19.8 Å². The number of carbonyl (C=O) groups is 4. The third-order valence-electron chi connectivity index (χ3n) is 9.50. The number of unbranched alkanes of at least 4 members (excludes halogenated alkanes) is 4. The van der Waals surface area contributed by atoms with Crippen LogP contribution >= 0.6 is 7.82 Å². The predicted molar refractivity (Wildman–Crippen MR) is 236 cm³/mol. The number of carbonyl (C=O) groups excluding carboxylic acids is 3. The fraction of sp³-hybridized carbons (Fsp3) is 0.609. The van der Waals surface area contributed by atoms with Gasteiger partial charge in [-0.05, 0) is 70.6 Å². The number of phosphoric ester groups is 1. The third-order valence-corrected chi connectivity index (χ3v) is 10.5. The van der Waals surface area contributed by atoms with Crippen molar-refractivity contribution in [1.82, 2.24) is 0 Å². The lowest BCUT2D eigenvalue weighted by atomic mass is 9.90. The van der Waals surface area contributed by atoms with Gasteiger partial charge >= 0.3 is 25.7 Å². The number of phosphoric acid groups is 1. The Labute approximate surface area is 362 Å². The average Bonchev–Trinajstić information content (AvgIpc) is 3.49. The maximum Gasteiger partial charge on any atom is 0.472 e. The summed E-state index contributed by atoms with van der Waals surface area (Å²) in [6.45, 7) is 2.23. The van der Waals surface area contributed by atoms with Crippen molar-refractivity contribution in [3.63, 3.8) is 0 Å². The van der Waals surface area contributed by atoms with E-state index in [-0.39, 0.29) is 31.0 Å². The Hall–Kier alpha value is -3.75. The Bertz CT molecular complexity index is 1520. The second-order valence-electron chi connectivity index (χ2n) is 14.9. The van der Waals surface area contributed by atoms with Crippen LogP contribution in [0.15, 0.2) is 85.1 Å². The van der Waals surface area contributed by atoms with Gasteiger partial charge in [-0.1, -0.05) is 118 Å². The summed E-state index contributed by atoms with van der Waals surface area (Å²) >= 11 is 0. The normalized spacial score (nSPS) is 20.0. The van der Waals surface area contributed by atoms with Crippen LogP contribution in [0.3, 0.4) is 0 Å². The number of allylic oxidation sites excluding steroid dienone is 13. The van der Waals surface area contributed by atoms with Gasteiger partial charge in [-0.25, -0.2) is 4.57 Å². The van der Waals surface area contributed by atoms with E-state index in [4.69, 9.17) is 24.8 Å². The Morgan fingerprint density at radius 1 is 0.787 bits per heavy atom. The van der Waals surface area contributed by atoms with Crippen molar-refractivity contribution in [3.8, 4) is 0 Å². The van der Waals surface area contributed by atoms with Crippen molar-refractivity contribution in [2.45, 2.75) is 147 Å². The zero-order valence-electron chi connectivity index (χ0n) is 36.2. The number of ether oxygens (including phenoxy) is 2. The van der Waals surface area contributed by atoms with E-state index in [1.54, 1.807) is 12.2 Å². The molecule has 1 fully saturated rings. The Kier molecular flexibility index (Phi) is 31.5. The molecule has 0 bridgehead atoms. The van der Waals surface area contributed by atoms with Crippen molar-refractivity contribution in [1.29, 1.82) is 0 Å². The number of ketones is 1. The van der Waals surface area contributed by atoms with E-state index < -0.39 is 75.8 Å². The van der Waals surface area contributed by atoms with Crippen LogP contribution in [0.4, 0.5) is 0 Å². The number of nitrogens with two attached hydrogens (primary N) is 1. The van der Waals surface area contributed by atoms with Gasteiger partial charge in [0.25, 0.3) is 0 Å². The summed E-state index contributed by atoms with van der Waals surface area (Å²) in [6, 6.07) is -1.58. The summed E-state index contributed by atoms with van der Waals surface area (Å²) in [7, 11) is -4.80.